The number of nitrogens with two attached hydrogens (primary N) is 1. The number of aryl methyl sites for hydroxylation is 2. The summed E-state index contributed by atoms with van der Waals surface area (Å²) in [5, 5.41) is 0. The Labute approximate surface area is 90.1 Å². The van der Waals surface area contributed by atoms with E-state index in [9.17, 15) is 0 Å². The number of hydrogen-bond acceptors (Lipinski definition) is 3. The zero-order valence-corrected chi connectivity index (χ0v) is 9.77. The van der Waals surface area contributed by atoms with Gasteiger partial charge in [0, 0.05) is 22.9 Å². The van der Waals surface area contributed by atoms with Crippen LogP contribution in [0, 0.1) is 0 Å². The first kappa shape index (κ1) is 11.7. The maximum Gasteiger partial charge on any atom is 0.0613 e. The Kier molecular flexibility index (Phi) is 5.15. The maximum absolute atomic E-state index is 5.85. The molecule has 0 radical (unpaired) electrons. The Morgan fingerprint density at radius 3 is 2.71 bits per heavy atom. The van der Waals surface area contributed by atoms with Gasteiger partial charge in [0.1, 0.15) is 0 Å². The van der Waals surface area contributed by atoms with Gasteiger partial charge in [0.25, 0.3) is 0 Å². The Morgan fingerprint density at radius 1 is 1.43 bits per heavy atom. The van der Waals surface area contributed by atoms with Gasteiger partial charge < -0.3 is 10.5 Å². The van der Waals surface area contributed by atoms with E-state index in [2.05, 4.69) is 19.1 Å². The third-order valence-corrected chi connectivity index (χ3v) is 3.50. The molecule has 14 heavy (non-hydrogen) atoms. The van der Waals surface area contributed by atoms with E-state index < -0.39 is 0 Å². The minimum atomic E-state index is 0.173. The summed E-state index contributed by atoms with van der Waals surface area (Å²) < 4.78 is 5.00. The molecule has 0 aromatic carbocycles. The fourth-order valence-corrected chi connectivity index (χ4v) is 2.34. The topological polar surface area (TPSA) is 35.2 Å². The molecule has 0 saturated heterocycles. The van der Waals surface area contributed by atoms with E-state index in [1.807, 2.05) is 11.3 Å². The van der Waals surface area contributed by atoms with Gasteiger partial charge in [-0.2, -0.15) is 0 Å². The normalized spacial score (nSPS) is 13.1. The molecule has 0 fully saturated rings. The van der Waals surface area contributed by atoms with Crippen LogP contribution in [0.3, 0.4) is 0 Å². The molecule has 1 rings (SSSR count). The number of methoxy groups -OCH3 is 1. The Hall–Kier alpha value is -0.380. The van der Waals surface area contributed by atoms with Crippen LogP contribution in [-0.2, 0) is 17.6 Å². The average Bonchev–Trinajstić information content (AvgIpc) is 2.63. The van der Waals surface area contributed by atoms with Crippen LogP contribution in [0.2, 0.25) is 0 Å². The van der Waals surface area contributed by atoms with Crippen LogP contribution < -0.4 is 5.73 Å². The van der Waals surface area contributed by atoms with Crippen LogP contribution in [0.4, 0.5) is 0 Å². The highest BCUT2D eigenvalue weighted by atomic mass is 32.1. The molecule has 0 bridgehead atoms. The van der Waals surface area contributed by atoms with Crippen molar-refractivity contribution in [1.82, 2.24) is 0 Å². The Bertz CT molecular complexity index is 260. The SMILES string of the molecule is CCc1ccc(CCC(N)COC)s1. The lowest BCUT2D eigenvalue weighted by atomic mass is 10.1. The van der Waals surface area contributed by atoms with Crippen molar-refractivity contribution in [2.45, 2.75) is 32.2 Å². The fourth-order valence-electron chi connectivity index (χ4n) is 1.37. The third-order valence-electron chi connectivity index (χ3n) is 2.21. The van der Waals surface area contributed by atoms with Gasteiger partial charge in [-0.3, -0.25) is 0 Å². The predicted octanol–water partition coefficient (Wildman–Crippen LogP) is 2.22. The molecule has 2 N–H and O–H groups in total. The van der Waals surface area contributed by atoms with Crippen LogP contribution in [0.15, 0.2) is 12.1 Å². The molecule has 1 atom stereocenters. The summed E-state index contributed by atoms with van der Waals surface area (Å²) in [6.45, 7) is 2.85. The van der Waals surface area contributed by atoms with E-state index in [0.29, 0.717) is 6.61 Å². The van der Waals surface area contributed by atoms with Crippen LogP contribution in [0.25, 0.3) is 0 Å². The molecule has 1 aromatic heterocycles. The van der Waals surface area contributed by atoms with Crippen molar-refractivity contribution >= 4 is 11.3 Å². The van der Waals surface area contributed by atoms with Gasteiger partial charge in [0.15, 0.2) is 0 Å². The lowest BCUT2D eigenvalue weighted by molar-refractivity contribution is 0.177. The number of ether oxygens (including phenoxy) is 1. The summed E-state index contributed by atoms with van der Waals surface area (Å²) >= 11 is 1.90. The molecular formula is C11H19NOS. The first-order valence-corrected chi connectivity index (χ1v) is 5.90. The second kappa shape index (κ2) is 6.17. The number of hydrogen-bond donors (Lipinski definition) is 1. The van der Waals surface area contributed by atoms with Gasteiger partial charge in [0.05, 0.1) is 6.61 Å². The molecule has 0 aliphatic heterocycles. The van der Waals surface area contributed by atoms with E-state index in [0.717, 1.165) is 19.3 Å². The molecule has 0 saturated carbocycles. The predicted molar refractivity (Wildman–Crippen MR) is 61.9 cm³/mol. The van der Waals surface area contributed by atoms with Gasteiger partial charge in [-0.15, -0.1) is 11.3 Å². The molecule has 0 aliphatic carbocycles. The first-order valence-electron chi connectivity index (χ1n) is 5.08. The lowest BCUT2D eigenvalue weighted by Gasteiger charge is -2.08. The van der Waals surface area contributed by atoms with E-state index in [1.165, 1.54) is 9.75 Å². The monoisotopic (exact) mass is 213 g/mol. The van der Waals surface area contributed by atoms with Crippen molar-refractivity contribution in [2.24, 2.45) is 5.73 Å². The summed E-state index contributed by atoms with van der Waals surface area (Å²) in [6, 6.07) is 4.59. The van der Waals surface area contributed by atoms with E-state index in [1.54, 1.807) is 7.11 Å². The van der Waals surface area contributed by atoms with Gasteiger partial charge in [-0.25, -0.2) is 0 Å². The lowest BCUT2D eigenvalue weighted by Crippen LogP contribution is -2.25. The summed E-state index contributed by atoms with van der Waals surface area (Å²) in [4.78, 5) is 2.90. The minimum absolute atomic E-state index is 0.173. The Morgan fingerprint density at radius 2 is 2.14 bits per heavy atom. The van der Waals surface area contributed by atoms with Crippen LogP contribution in [-0.4, -0.2) is 19.8 Å². The van der Waals surface area contributed by atoms with Crippen LogP contribution in [0.5, 0.6) is 0 Å². The van der Waals surface area contributed by atoms with Gasteiger partial charge in [0.2, 0.25) is 0 Å². The number of thiophene rings is 1. The molecule has 80 valence electrons. The quantitative estimate of drug-likeness (QED) is 0.786. The van der Waals surface area contributed by atoms with Crippen molar-refractivity contribution in [3.8, 4) is 0 Å². The molecular weight excluding hydrogens is 194 g/mol. The standard InChI is InChI=1S/C11H19NOS/c1-3-10-6-7-11(14-10)5-4-9(12)8-13-2/h6-7,9H,3-5,8,12H2,1-2H3. The first-order chi connectivity index (χ1) is 6.76. The molecule has 0 spiro atoms. The highest BCUT2D eigenvalue weighted by molar-refractivity contribution is 7.11. The fraction of sp³-hybridized carbons (Fsp3) is 0.636. The average molecular weight is 213 g/mol. The third kappa shape index (κ3) is 3.78. The van der Waals surface area contributed by atoms with Crippen molar-refractivity contribution in [2.75, 3.05) is 13.7 Å². The second-order valence-electron chi connectivity index (χ2n) is 3.48. The van der Waals surface area contributed by atoms with Gasteiger partial charge in [-0.1, -0.05) is 6.92 Å². The zero-order valence-electron chi connectivity index (χ0n) is 8.95. The highest BCUT2D eigenvalue weighted by Crippen LogP contribution is 2.18. The summed E-state index contributed by atoms with van der Waals surface area (Å²) in [5.41, 5.74) is 5.85. The summed E-state index contributed by atoms with van der Waals surface area (Å²) in [6.07, 6.45) is 3.22. The Balaban J connectivity index is 2.30. The van der Waals surface area contributed by atoms with E-state index in [-0.39, 0.29) is 6.04 Å². The molecule has 2 nitrogen and oxygen atoms in total. The molecule has 0 amide bonds. The van der Waals surface area contributed by atoms with Crippen molar-refractivity contribution in [1.29, 1.82) is 0 Å². The number of rotatable bonds is 6. The minimum Gasteiger partial charge on any atom is -0.383 e. The molecule has 3 heteroatoms. The van der Waals surface area contributed by atoms with Gasteiger partial charge >= 0.3 is 0 Å². The van der Waals surface area contributed by atoms with Crippen molar-refractivity contribution < 1.29 is 4.74 Å². The smallest absolute Gasteiger partial charge is 0.0613 e. The largest absolute Gasteiger partial charge is 0.383 e. The van der Waals surface area contributed by atoms with Crippen LogP contribution >= 0.6 is 11.3 Å². The summed E-state index contributed by atoms with van der Waals surface area (Å²) in [7, 11) is 1.69. The molecule has 1 heterocycles. The zero-order chi connectivity index (χ0) is 10.4. The van der Waals surface area contributed by atoms with E-state index in [4.69, 9.17) is 10.5 Å². The second-order valence-corrected chi connectivity index (χ2v) is 4.73. The summed E-state index contributed by atoms with van der Waals surface area (Å²) in [5.74, 6) is 0. The van der Waals surface area contributed by atoms with Crippen molar-refractivity contribution in [3.63, 3.8) is 0 Å². The highest BCUT2D eigenvalue weighted by Gasteiger charge is 2.04. The maximum atomic E-state index is 5.85. The van der Waals surface area contributed by atoms with Crippen molar-refractivity contribution in [3.05, 3.63) is 21.9 Å². The molecule has 1 unspecified atom stereocenters. The molecule has 0 aliphatic rings. The van der Waals surface area contributed by atoms with Gasteiger partial charge in [-0.05, 0) is 31.4 Å². The molecule has 1 aromatic rings. The van der Waals surface area contributed by atoms with E-state index >= 15 is 0 Å². The van der Waals surface area contributed by atoms with Crippen LogP contribution in [0.1, 0.15) is 23.1 Å².